The molecule has 0 N–H and O–H groups in total. The van der Waals surface area contributed by atoms with E-state index in [1.165, 1.54) is 94.8 Å². The van der Waals surface area contributed by atoms with Crippen LogP contribution in [0, 0.1) is 29.4 Å². The number of unbranched alkanes of at least 4 members (excludes halogenated alkanes) is 3. The molecule has 0 heterocycles. The molecule has 2 aliphatic carbocycles. The molecule has 0 radical (unpaired) electrons. The highest BCUT2D eigenvalue weighted by atomic mass is 19.2. The number of hydrogen-bond donors (Lipinski definition) is 0. The molecular formula is C26H38F2. The number of halogens is 2. The second-order valence-corrected chi connectivity index (χ2v) is 9.28. The molecule has 2 heteroatoms. The first-order valence-electron chi connectivity index (χ1n) is 11.8. The van der Waals surface area contributed by atoms with E-state index in [0.717, 1.165) is 36.2 Å². The maximum Gasteiger partial charge on any atom is 0.159 e. The predicted octanol–water partition coefficient (Wildman–Crippen LogP) is 8.40. The van der Waals surface area contributed by atoms with Gasteiger partial charge < -0.3 is 0 Å². The smallest absolute Gasteiger partial charge is 0.159 e. The molecule has 1 saturated carbocycles. The third-order valence-corrected chi connectivity index (χ3v) is 7.29. The Bertz CT molecular complexity index is 625. The van der Waals surface area contributed by atoms with E-state index >= 15 is 0 Å². The fraction of sp³-hybridized carbons (Fsp3) is 0.692. The third kappa shape index (κ3) is 6.42. The summed E-state index contributed by atoms with van der Waals surface area (Å²) >= 11 is 0. The molecule has 3 rings (SSSR count). The van der Waals surface area contributed by atoms with Crippen molar-refractivity contribution >= 4 is 0 Å². The van der Waals surface area contributed by atoms with E-state index in [2.05, 4.69) is 13.0 Å². The summed E-state index contributed by atoms with van der Waals surface area (Å²) in [5.41, 5.74) is 2.42. The Hall–Kier alpha value is -1.18. The van der Waals surface area contributed by atoms with Crippen LogP contribution in [0.1, 0.15) is 96.0 Å². The molecule has 0 bridgehead atoms. The minimum Gasteiger partial charge on any atom is -0.204 e. The Kier molecular flexibility index (Phi) is 8.55. The first-order valence-corrected chi connectivity index (χ1v) is 11.8. The summed E-state index contributed by atoms with van der Waals surface area (Å²) in [5.74, 6) is 1.35. The van der Waals surface area contributed by atoms with Crippen molar-refractivity contribution in [1.29, 1.82) is 0 Å². The summed E-state index contributed by atoms with van der Waals surface area (Å²) in [6, 6.07) is 4.31. The summed E-state index contributed by atoms with van der Waals surface area (Å²) in [6.07, 6.45) is 20.9. The van der Waals surface area contributed by atoms with Crippen LogP contribution >= 0.6 is 0 Å². The Morgan fingerprint density at radius 1 is 0.857 bits per heavy atom. The van der Waals surface area contributed by atoms with Gasteiger partial charge in [-0.1, -0.05) is 69.6 Å². The lowest BCUT2D eigenvalue weighted by atomic mass is 9.70. The van der Waals surface area contributed by atoms with Crippen molar-refractivity contribution < 1.29 is 8.78 Å². The summed E-state index contributed by atoms with van der Waals surface area (Å²) in [7, 11) is 0. The van der Waals surface area contributed by atoms with Crippen LogP contribution in [-0.4, -0.2) is 0 Å². The van der Waals surface area contributed by atoms with E-state index < -0.39 is 11.6 Å². The lowest BCUT2D eigenvalue weighted by Crippen LogP contribution is -2.23. The van der Waals surface area contributed by atoms with Gasteiger partial charge in [0.1, 0.15) is 0 Å². The van der Waals surface area contributed by atoms with Crippen LogP contribution in [-0.2, 0) is 6.42 Å². The van der Waals surface area contributed by atoms with Gasteiger partial charge in [-0.3, -0.25) is 0 Å². The molecular weight excluding hydrogens is 350 g/mol. The van der Waals surface area contributed by atoms with Crippen molar-refractivity contribution in [3.63, 3.8) is 0 Å². The summed E-state index contributed by atoms with van der Waals surface area (Å²) in [5, 5.41) is 0. The molecule has 1 aromatic rings. The van der Waals surface area contributed by atoms with Crippen molar-refractivity contribution in [2.24, 2.45) is 17.8 Å². The van der Waals surface area contributed by atoms with E-state index in [9.17, 15) is 8.78 Å². The van der Waals surface area contributed by atoms with Crippen LogP contribution in [0.3, 0.4) is 0 Å². The van der Waals surface area contributed by atoms with Gasteiger partial charge in [-0.15, -0.1) is 0 Å². The zero-order chi connectivity index (χ0) is 19.8. The van der Waals surface area contributed by atoms with E-state index in [0.29, 0.717) is 0 Å². The lowest BCUT2D eigenvalue weighted by molar-refractivity contribution is 0.185. The number of benzene rings is 1. The molecule has 1 unspecified atom stereocenters. The van der Waals surface area contributed by atoms with Gasteiger partial charge in [0.25, 0.3) is 0 Å². The summed E-state index contributed by atoms with van der Waals surface area (Å²) in [4.78, 5) is 0. The van der Waals surface area contributed by atoms with Crippen molar-refractivity contribution in [2.75, 3.05) is 0 Å². The molecule has 0 aliphatic heterocycles. The maximum absolute atomic E-state index is 13.3. The van der Waals surface area contributed by atoms with Gasteiger partial charge in [-0.2, -0.15) is 0 Å². The number of allylic oxidation sites excluding steroid dienone is 2. The fourth-order valence-corrected chi connectivity index (χ4v) is 5.37. The van der Waals surface area contributed by atoms with Crippen LogP contribution in [0.5, 0.6) is 0 Å². The van der Waals surface area contributed by atoms with Gasteiger partial charge in [-0.05, 0) is 80.4 Å². The molecule has 1 aromatic carbocycles. The maximum atomic E-state index is 13.3. The second kappa shape index (κ2) is 11.1. The first-order chi connectivity index (χ1) is 13.7. The molecule has 2 aliphatic rings. The molecule has 0 saturated heterocycles. The van der Waals surface area contributed by atoms with Crippen LogP contribution in [0.4, 0.5) is 8.78 Å². The van der Waals surface area contributed by atoms with E-state index in [1.54, 1.807) is 6.07 Å². The molecule has 1 fully saturated rings. The van der Waals surface area contributed by atoms with Crippen LogP contribution in [0.25, 0.3) is 0 Å². The number of hydrogen-bond acceptors (Lipinski definition) is 0. The van der Waals surface area contributed by atoms with Crippen LogP contribution in [0.15, 0.2) is 29.8 Å². The molecule has 156 valence electrons. The van der Waals surface area contributed by atoms with Crippen LogP contribution in [0.2, 0.25) is 0 Å². The SMILES string of the molecule is CCCCCCC1CCC(C2CC=C(CCc3ccc(F)c(F)c3)CC2)CC1. The van der Waals surface area contributed by atoms with Crippen molar-refractivity contribution in [3.8, 4) is 0 Å². The zero-order valence-corrected chi connectivity index (χ0v) is 17.7. The van der Waals surface area contributed by atoms with E-state index in [1.807, 2.05) is 0 Å². The van der Waals surface area contributed by atoms with Crippen molar-refractivity contribution in [3.05, 3.63) is 47.0 Å². The van der Waals surface area contributed by atoms with Gasteiger partial charge in [0, 0.05) is 0 Å². The minimum atomic E-state index is -0.751. The molecule has 1 atom stereocenters. The number of rotatable bonds is 9. The van der Waals surface area contributed by atoms with Gasteiger partial charge in [0.15, 0.2) is 11.6 Å². The Morgan fingerprint density at radius 3 is 2.36 bits per heavy atom. The van der Waals surface area contributed by atoms with Gasteiger partial charge in [-0.25, -0.2) is 8.78 Å². The Morgan fingerprint density at radius 2 is 1.68 bits per heavy atom. The van der Waals surface area contributed by atoms with Gasteiger partial charge >= 0.3 is 0 Å². The van der Waals surface area contributed by atoms with E-state index in [4.69, 9.17) is 0 Å². The number of aryl methyl sites for hydroxylation is 1. The average molecular weight is 389 g/mol. The molecule has 0 nitrogen and oxygen atoms in total. The monoisotopic (exact) mass is 388 g/mol. The van der Waals surface area contributed by atoms with Crippen LogP contribution < -0.4 is 0 Å². The average Bonchev–Trinajstić information content (AvgIpc) is 2.73. The topological polar surface area (TPSA) is 0 Å². The molecule has 0 aromatic heterocycles. The second-order valence-electron chi connectivity index (χ2n) is 9.28. The fourth-order valence-electron chi connectivity index (χ4n) is 5.37. The largest absolute Gasteiger partial charge is 0.204 e. The Balaban J connectivity index is 1.36. The third-order valence-electron chi connectivity index (χ3n) is 7.29. The zero-order valence-electron chi connectivity index (χ0n) is 17.7. The highest BCUT2D eigenvalue weighted by Crippen LogP contribution is 2.41. The van der Waals surface area contributed by atoms with Gasteiger partial charge in [0.05, 0.1) is 0 Å². The summed E-state index contributed by atoms with van der Waals surface area (Å²) < 4.78 is 26.4. The van der Waals surface area contributed by atoms with E-state index in [-0.39, 0.29) is 0 Å². The quantitative estimate of drug-likeness (QED) is 0.294. The lowest BCUT2D eigenvalue weighted by Gasteiger charge is -2.35. The Labute approximate surface area is 170 Å². The predicted molar refractivity (Wildman–Crippen MR) is 114 cm³/mol. The van der Waals surface area contributed by atoms with Crippen molar-refractivity contribution in [1.82, 2.24) is 0 Å². The first kappa shape index (κ1) is 21.5. The summed E-state index contributed by atoms with van der Waals surface area (Å²) in [6.45, 7) is 2.29. The molecule has 28 heavy (non-hydrogen) atoms. The molecule has 0 spiro atoms. The standard InChI is InChI=1S/C26H38F2/c1-2-3-4-5-6-20-9-14-23(15-10-20)24-16-11-21(12-17-24)7-8-22-13-18-25(27)26(28)19-22/h11,13,18-20,23-24H,2-10,12,14-17H2,1H3. The molecule has 0 amide bonds. The van der Waals surface area contributed by atoms with Gasteiger partial charge in [0.2, 0.25) is 0 Å². The van der Waals surface area contributed by atoms with Crippen molar-refractivity contribution in [2.45, 2.75) is 96.8 Å². The highest BCUT2D eigenvalue weighted by molar-refractivity contribution is 5.20. The normalized spacial score (nSPS) is 25.5. The highest BCUT2D eigenvalue weighted by Gasteiger charge is 2.28. The minimum absolute atomic E-state index is 0.726.